The summed E-state index contributed by atoms with van der Waals surface area (Å²) in [4.78, 5) is 11.9. The molecule has 1 fully saturated rings. The first-order chi connectivity index (χ1) is 11.4. The molecule has 0 amide bonds. The minimum atomic E-state index is -2.65. The van der Waals surface area contributed by atoms with E-state index in [1.165, 1.54) is 17.4 Å². The Balaban J connectivity index is 0.00000225. The second-order valence-electron chi connectivity index (χ2n) is 6.03. The molecule has 1 aliphatic rings. The van der Waals surface area contributed by atoms with Crippen molar-refractivity contribution in [2.45, 2.75) is 19.8 Å². The number of ether oxygens (including phenoxy) is 1. The number of pyridine rings is 1. The number of hydrogen-bond acceptors (Lipinski definition) is 6. The Morgan fingerprint density at radius 2 is 2.04 bits per heavy atom. The summed E-state index contributed by atoms with van der Waals surface area (Å²) >= 11 is -2.65. The molecule has 3 rings (SSSR count). The van der Waals surface area contributed by atoms with Gasteiger partial charge in [0, 0.05) is 29.9 Å². The molecule has 0 radical (unpaired) electrons. The molecular formula is C17H21N2O5S-. The molecule has 7 nitrogen and oxygen atoms in total. The third kappa shape index (κ3) is 4.68. The summed E-state index contributed by atoms with van der Waals surface area (Å²) in [6.07, 6.45) is 4.04. The number of hydrogen-bond donors (Lipinski definition) is 1. The maximum absolute atomic E-state index is 11.9. The predicted molar refractivity (Wildman–Crippen MR) is 94.6 cm³/mol. The smallest absolute Gasteiger partial charge is 0.253 e. The van der Waals surface area contributed by atoms with Crippen LogP contribution in [0.5, 0.6) is 11.5 Å². The van der Waals surface area contributed by atoms with Crippen molar-refractivity contribution in [3.63, 3.8) is 0 Å². The number of nitrogens with zero attached hydrogens (tertiary/aromatic N) is 1. The number of benzene rings is 1. The molecule has 1 heterocycles. The average Bonchev–Trinajstić information content (AvgIpc) is 3.34. The van der Waals surface area contributed by atoms with Crippen molar-refractivity contribution in [3.05, 3.63) is 46.4 Å². The normalized spacial score (nSPS) is 14.5. The summed E-state index contributed by atoms with van der Waals surface area (Å²) in [5.41, 5.74) is 1.98. The van der Waals surface area contributed by atoms with Gasteiger partial charge in [0.05, 0.1) is 6.61 Å². The van der Waals surface area contributed by atoms with Crippen LogP contribution in [0.25, 0.3) is 11.1 Å². The second-order valence-corrected chi connectivity index (χ2v) is 6.60. The monoisotopic (exact) mass is 365 g/mol. The lowest BCUT2D eigenvalue weighted by Gasteiger charge is -2.15. The van der Waals surface area contributed by atoms with Gasteiger partial charge in [0.25, 0.3) is 5.56 Å². The summed E-state index contributed by atoms with van der Waals surface area (Å²) in [5, 5.41) is 0. The highest BCUT2D eigenvalue weighted by atomic mass is 32.2. The van der Waals surface area contributed by atoms with Crippen molar-refractivity contribution in [2.24, 2.45) is 13.0 Å². The lowest BCUT2D eigenvalue weighted by atomic mass is 10.0. The fourth-order valence-corrected chi connectivity index (χ4v) is 2.77. The second kappa shape index (κ2) is 7.81. The summed E-state index contributed by atoms with van der Waals surface area (Å²) < 4.78 is 33.7. The van der Waals surface area contributed by atoms with Crippen molar-refractivity contribution >= 4 is 11.4 Å². The van der Waals surface area contributed by atoms with Crippen molar-refractivity contribution in [3.8, 4) is 22.6 Å². The molecular weight excluding hydrogens is 344 g/mol. The number of aryl methyl sites for hydroxylation is 2. The van der Waals surface area contributed by atoms with E-state index in [0.717, 1.165) is 5.56 Å². The van der Waals surface area contributed by atoms with E-state index in [4.69, 9.17) is 8.92 Å². The van der Waals surface area contributed by atoms with E-state index in [1.807, 2.05) is 0 Å². The van der Waals surface area contributed by atoms with Crippen LogP contribution in [0.15, 0.2) is 35.3 Å². The number of aromatic nitrogens is 1. The Kier molecular flexibility index (Phi) is 5.99. The molecule has 8 heteroatoms. The van der Waals surface area contributed by atoms with Gasteiger partial charge in [-0.2, -0.15) is 0 Å². The van der Waals surface area contributed by atoms with Crippen molar-refractivity contribution in [1.29, 1.82) is 0 Å². The lowest BCUT2D eigenvalue weighted by Crippen LogP contribution is -2.18. The Bertz CT molecular complexity index is 819. The maximum atomic E-state index is 11.9. The van der Waals surface area contributed by atoms with E-state index in [1.54, 1.807) is 44.4 Å². The molecule has 0 saturated heterocycles. The molecule has 1 aliphatic carbocycles. The van der Waals surface area contributed by atoms with Crippen LogP contribution in [0.1, 0.15) is 18.4 Å². The lowest BCUT2D eigenvalue weighted by molar-refractivity contribution is 0.300. The topological polar surface area (TPSA) is 116 Å². The van der Waals surface area contributed by atoms with Crippen LogP contribution >= 0.6 is 0 Å². The SMILES string of the molecule is Cc1cc(-c2cc(OS(=O)[O-])ccc2OCC2CC2)cn(C)c1=O.N. The quantitative estimate of drug-likeness (QED) is 0.786. The van der Waals surface area contributed by atoms with Gasteiger partial charge in [-0.3, -0.25) is 4.79 Å². The molecule has 1 saturated carbocycles. The zero-order valence-electron chi connectivity index (χ0n) is 14.2. The predicted octanol–water partition coefficient (Wildman–Crippen LogP) is 2.48. The van der Waals surface area contributed by atoms with Gasteiger partial charge in [-0.1, -0.05) is 0 Å². The van der Waals surface area contributed by atoms with Crippen LogP contribution < -0.4 is 20.6 Å². The van der Waals surface area contributed by atoms with Crippen LogP contribution in [0.2, 0.25) is 0 Å². The first-order valence-electron chi connectivity index (χ1n) is 7.66. The Labute approximate surface area is 148 Å². The molecule has 0 bridgehead atoms. The molecule has 3 N–H and O–H groups in total. The van der Waals surface area contributed by atoms with Crippen LogP contribution in [0, 0.1) is 12.8 Å². The van der Waals surface area contributed by atoms with Gasteiger partial charge in [-0.25, -0.2) is 4.21 Å². The largest absolute Gasteiger partial charge is 0.740 e. The molecule has 1 aromatic carbocycles. The van der Waals surface area contributed by atoms with Gasteiger partial charge < -0.3 is 24.2 Å². The van der Waals surface area contributed by atoms with E-state index in [-0.39, 0.29) is 17.5 Å². The summed E-state index contributed by atoms with van der Waals surface area (Å²) in [7, 11) is 1.68. The summed E-state index contributed by atoms with van der Waals surface area (Å²) in [5.74, 6) is 1.43. The maximum Gasteiger partial charge on any atom is 0.253 e. The minimum absolute atomic E-state index is 0. The third-order valence-corrected chi connectivity index (χ3v) is 4.29. The van der Waals surface area contributed by atoms with Crippen LogP contribution in [-0.4, -0.2) is 19.9 Å². The van der Waals surface area contributed by atoms with Gasteiger partial charge in [0.15, 0.2) is 0 Å². The van der Waals surface area contributed by atoms with Gasteiger partial charge in [0.1, 0.15) is 22.9 Å². The van der Waals surface area contributed by atoms with Gasteiger partial charge in [-0.15, -0.1) is 0 Å². The molecule has 25 heavy (non-hydrogen) atoms. The van der Waals surface area contributed by atoms with E-state index < -0.39 is 11.4 Å². The highest BCUT2D eigenvalue weighted by molar-refractivity contribution is 7.74. The Morgan fingerprint density at radius 3 is 2.64 bits per heavy atom. The average molecular weight is 365 g/mol. The van der Waals surface area contributed by atoms with Crippen molar-refractivity contribution in [2.75, 3.05) is 6.61 Å². The molecule has 1 aromatic heterocycles. The summed E-state index contributed by atoms with van der Waals surface area (Å²) in [6.45, 7) is 2.37. The van der Waals surface area contributed by atoms with Gasteiger partial charge >= 0.3 is 0 Å². The third-order valence-electron chi connectivity index (χ3n) is 3.96. The van der Waals surface area contributed by atoms with Crippen molar-refractivity contribution in [1.82, 2.24) is 10.7 Å². The van der Waals surface area contributed by atoms with Crippen LogP contribution in [-0.2, 0) is 18.4 Å². The molecule has 2 aromatic rings. The molecule has 136 valence electrons. The molecule has 1 atom stereocenters. The fourth-order valence-electron chi connectivity index (χ4n) is 2.51. The minimum Gasteiger partial charge on any atom is -0.740 e. The van der Waals surface area contributed by atoms with Crippen molar-refractivity contribution < 1.29 is 17.7 Å². The van der Waals surface area contributed by atoms with Gasteiger partial charge in [-0.05, 0) is 49.9 Å². The Morgan fingerprint density at radius 1 is 1.32 bits per heavy atom. The fraction of sp³-hybridized carbons (Fsp3) is 0.353. The first-order valence-corrected chi connectivity index (χ1v) is 8.66. The van der Waals surface area contributed by atoms with E-state index in [9.17, 15) is 13.6 Å². The van der Waals surface area contributed by atoms with E-state index in [0.29, 0.717) is 29.4 Å². The standard InChI is InChI=1S/C17H19NO5S.H3N/c1-11-7-13(9-18(2)17(11)19)15-8-14(23-24(20)21)5-6-16(15)22-10-12-3-4-12;/h5-9,12H,3-4,10H2,1-2H3,(H,20,21);1H3/p-1. The summed E-state index contributed by atoms with van der Waals surface area (Å²) in [6, 6.07) is 6.62. The highest BCUT2D eigenvalue weighted by Gasteiger charge is 2.22. The van der Waals surface area contributed by atoms with E-state index in [2.05, 4.69) is 0 Å². The zero-order valence-corrected chi connectivity index (χ0v) is 15.0. The molecule has 0 spiro atoms. The molecule has 1 unspecified atom stereocenters. The van der Waals surface area contributed by atoms with Crippen LogP contribution in [0.4, 0.5) is 0 Å². The Hall–Kier alpha value is -2.16. The van der Waals surface area contributed by atoms with Gasteiger partial charge in [0.2, 0.25) is 0 Å². The molecule has 0 aliphatic heterocycles. The first kappa shape index (κ1) is 19.2. The van der Waals surface area contributed by atoms with E-state index >= 15 is 0 Å². The highest BCUT2D eigenvalue weighted by Crippen LogP contribution is 2.36. The zero-order chi connectivity index (χ0) is 17.3. The van der Waals surface area contributed by atoms with Crippen LogP contribution in [0.3, 0.4) is 0 Å². The number of rotatable bonds is 6.